The minimum atomic E-state index is -1.19. The van der Waals surface area contributed by atoms with Crippen molar-refractivity contribution in [1.29, 1.82) is 0 Å². The Hall–Kier alpha value is -1.83. The average molecular weight is 203 g/mol. The summed E-state index contributed by atoms with van der Waals surface area (Å²) in [6.07, 6.45) is 1.87. The zero-order chi connectivity index (χ0) is 11.8. The molecule has 1 aromatic rings. The third kappa shape index (κ3) is 5.47. The van der Waals surface area contributed by atoms with Crippen LogP contribution >= 0.6 is 0 Å². The number of benzene rings is 1. The maximum absolute atomic E-state index is 9.49. The molecule has 2 nitrogen and oxygen atoms in total. The Kier molecular flexibility index (Phi) is 5.79. The molecule has 0 aliphatic rings. The van der Waals surface area contributed by atoms with Crippen LogP contribution in [0.1, 0.15) is 18.1 Å². The zero-order valence-corrected chi connectivity index (χ0v) is 9.12. The highest BCUT2D eigenvalue weighted by Gasteiger charge is 1.86. The van der Waals surface area contributed by atoms with Crippen molar-refractivity contribution in [2.75, 3.05) is 0 Å². The molecular formula is C13H15O2-. The van der Waals surface area contributed by atoms with Gasteiger partial charge in [-0.2, -0.15) is 0 Å². The highest BCUT2D eigenvalue weighted by atomic mass is 16.4. The molecular weight excluding hydrogens is 188 g/mol. The lowest BCUT2D eigenvalue weighted by atomic mass is 10.1. The van der Waals surface area contributed by atoms with Crippen LogP contribution in [0.25, 0.3) is 6.08 Å². The van der Waals surface area contributed by atoms with Crippen molar-refractivity contribution in [2.45, 2.75) is 13.8 Å². The largest absolute Gasteiger partial charge is 0.545 e. The summed E-state index contributed by atoms with van der Waals surface area (Å²) in [4.78, 5) is 9.49. The van der Waals surface area contributed by atoms with Crippen LogP contribution in [0.5, 0.6) is 0 Å². The van der Waals surface area contributed by atoms with Gasteiger partial charge < -0.3 is 9.90 Å². The van der Waals surface area contributed by atoms with E-state index in [1.807, 2.05) is 18.2 Å². The molecule has 0 radical (unpaired) electrons. The first-order valence-corrected chi connectivity index (χ1v) is 4.54. The van der Waals surface area contributed by atoms with Crippen molar-refractivity contribution >= 4 is 12.0 Å². The second-order valence-corrected chi connectivity index (χ2v) is 3.13. The zero-order valence-electron chi connectivity index (χ0n) is 9.12. The molecule has 0 atom stereocenters. The van der Waals surface area contributed by atoms with E-state index < -0.39 is 5.97 Å². The first-order chi connectivity index (χ1) is 6.99. The summed E-state index contributed by atoms with van der Waals surface area (Å²) in [6.45, 7) is 10.2. The smallest absolute Gasteiger partial charge is 0.0666 e. The van der Waals surface area contributed by atoms with Gasteiger partial charge in [0.1, 0.15) is 0 Å². The van der Waals surface area contributed by atoms with Crippen LogP contribution in [-0.2, 0) is 4.79 Å². The number of hydrogen-bond donors (Lipinski definition) is 0. The Balaban J connectivity index is 0.000000288. The molecule has 0 saturated carbocycles. The van der Waals surface area contributed by atoms with Crippen molar-refractivity contribution in [3.63, 3.8) is 0 Å². The van der Waals surface area contributed by atoms with E-state index in [1.165, 1.54) is 18.1 Å². The van der Waals surface area contributed by atoms with Crippen molar-refractivity contribution in [2.24, 2.45) is 0 Å². The number of carbonyl (C=O) groups excluding carboxylic acids is 1. The molecule has 0 aliphatic carbocycles. The van der Waals surface area contributed by atoms with E-state index in [0.717, 1.165) is 0 Å². The molecule has 0 aliphatic heterocycles. The van der Waals surface area contributed by atoms with E-state index in [2.05, 4.69) is 32.2 Å². The number of carbonyl (C=O) groups is 1. The highest BCUT2D eigenvalue weighted by Crippen LogP contribution is 2.06. The number of aryl methyl sites for hydroxylation is 1. The number of aliphatic carboxylic acids is 1. The Labute approximate surface area is 90.6 Å². The number of rotatable bonds is 2. The van der Waals surface area contributed by atoms with Gasteiger partial charge >= 0.3 is 0 Å². The Morgan fingerprint density at radius 1 is 1.40 bits per heavy atom. The fourth-order valence-electron chi connectivity index (χ4n) is 0.816. The van der Waals surface area contributed by atoms with Crippen molar-refractivity contribution in [3.8, 4) is 0 Å². The number of carboxylic acids is 1. The molecule has 0 N–H and O–H groups in total. The summed E-state index contributed by atoms with van der Waals surface area (Å²) >= 11 is 0. The summed E-state index contributed by atoms with van der Waals surface area (Å²) < 4.78 is 0. The monoisotopic (exact) mass is 203 g/mol. The molecule has 1 aromatic carbocycles. The van der Waals surface area contributed by atoms with Gasteiger partial charge in [0, 0.05) is 0 Å². The summed E-state index contributed by atoms with van der Waals surface area (Å²) in [5.74, 6) is -1.19. The standard InChI is InChI=1S/C9H10.C4H6O2/c1-3-9-7-5-4-6-8(9)2;1-3(2)4(5)6/h3-7H,1H2,2H3;1H2,2H3,(H,5,6)/p-1. The van der Waals surface area contributed by atoms with Gasteiger partial charge in [0.05, 0.1) is 5.97 Å². The molecule has 0 heterocycles. The van der Waals surface area contributed by atoms with Crippen molar-refractivity contribution < 1.29 is 9.90 Å². The summed E-state index contributed by atoms with van der Waals surface area (Å²) in [6, 6.07) is 8.19. The lowest BCUT2D eigenvalue weighted by Crippen LogP contribution is -2.22. The van der Waals surface area contributed by atoms with Crippen LogP contribution in [0.4, 0.5) is 0 Å². The van der Waals surface area contributed by atoms with Gasteiger partial charge in [0.15, 0.2) is 0 Å². The molecule has 0 spiro atoms. The van der Waals surface area contributed by atoms with Crippen molar-refractivity contribution in [3.05, 3.63) is 54.1 Å². The Bertz CT molecular complexity index is 353. The van der Waals surface area contributed by atoms with Gasteiger partial charge in [-0.05, 0) is 30.5 Å². The molecule has 80 valence electrons. The fraction of sp³-hybridized carbons (Fsp3) is 0.154. The number of hydrogen-bond acceptors (Lipinski definition) is 2. The molecule has 0 bridgehead atoms. The topological polar surface area (TPSA) is 40.1 Å². The van der Waals surface area contributed by atoms with Gasteiger partial charge in [0.2, 0.25) is 0 Å². The summed E-state index contributed by atoms with van der Waals surface area (Å²) in [5, 5.41) is 9.49. The Morgan fingerprint density at radius 3 is 2.13 bits per heavy atom. The fourth-order valence-corrected chi connectivity index (χ4v) is 0.816. The van der Waals surface area contributed by atoms with Crippen LogP contribution in [0.2, 0.25) is 0 Å². The molecule has 0 amide bonds. The van der Waals surface area contributed by atoms with E-state index in [4.69, 9.17) is 0 Å². The third-order valence-corrected chi connectivity index (χ3v) is 1.76. The molecule has 0 aromatic heterocycles. The summed E-state index contributed by atoms with van der Waals surface area (Å²) in [5.41, 5.74) is 2.57. The molecule has 2 heteroatoms. The van der Waals surface area contributed by atoms with Gasteiger partial charge in [0.25, 0.3) is 0 Å². The first-order valence-electron chi connectivity index (χ1n) is 4.54. The van der Waals surface area contributed by atoms with E-state index in [0.29, 0.717) is 0 Å². The molecule has 1 rings (SSSR count). The van der Waals surface area contributed by atoms with E-state index in [9.17, 15) is 9.90 Å². The van der Waals surface area contributed by atoms with Crippen molar-refractivity contribution in [1.82, 2.24) is 0 Å². The highest BCUT2D eigenvalue weighted by molar-refractivity contribution is 5.82. The first kappa shape index (κ1) is 13.2. The summed E-state index contributed by atoms with van der Waals surface area (Å²) in [7, 11) is 0. The maximum atomic E-state index is 9.49. The predicted octanol–water partition coefficient (Wildman–Crippen LogP) is 1.95. The quantitative estimate of drug-likeness (QED) is 0.689. The molecule has 0 fully saturated rings. The van der Waals surface area contributed by atoms with Crippen LogP contribution in [-0.4, -0.2) is 5.97 Å². The molecule has 0 unspecified atom stereocenters. The minimum Gasteiger partial charge on any atom is -0.545 e. The van der Waals surface area contributed by atoms with E-state index >= 15 is 0 Å². The Morgan fingerprint density at radius 2 is 1.87 bits per heavy atom. The normalized spacial score (nSPS) is 8.40. The molecule has 0 saturated heterocycles. The van der Waals surface area contributed by atoms with Gasteiger partial charge in [-0.15, -0.1) is 0 Å². The molecule has 15 heavy (non-hydrogen) atoms. The third-order valence-electron chi connectivity index (χ3n) is 1.76. The van der Waals surface area contributed by atoms with Gasteiger partial charge in [-0.3, -0.25) is 0 Å². The van der Waals surface area contributed by atoms with Crippen LogP contribution < -0.4 is 5.11 Å². The number of carboxylic acid groups (broad SMARTS) is 1. The van der Waals surface area contributed by atoms with Gasteiger partial charge in [-0.25, -0.2) is 0 Å². The lowest BCUT2D eigenvalue weighted by Gasteiger charge is -1.95. The second-order valence-electron chi connectivity index (χ2n) is 3.13. The second kappa shape index (κ2) is 6.60. The maximum Gasteiger partial charge on any atom is 0.0666 e. The van der Waals surface area contributed by atoms with Crippen LogP contribution in [0.3, 0.4) is 0 Å². The van der Waals surface area contributed by atoms with Crippen LogP contribution in [0, 0.1) is 6.92 Å². The average Bonchev–Trinajstić information content (AvgIpc) is 2.19. The van der Waals surface area contributed by atoms with Gasteiger partial charge in [-0.1, -0.05) is 43.5 Å². The van der Waals surface area contributed by atoms with Crippen LogP contribution in [0.15, 0.2) is 43.0 Å². The van der Waals surface area contributed by atoms with E-state index in [-0.39, 0.29) is 5.57 Å². The minimum absolute atomic E-state index is 0.0648. The SMILES string of the molecule is C=C(C)C(=O)[O-].C=Cc1ccccc1C. The van der Waals surface area contributed by atoms with E-state index in [1.54, 1.807) is 0 Å². The predicted molar refractivity (Wildman–Crippen MR) is 61.1 cm³/mol. The lowest BCUT2D eigenvalue weighted by molar-refractivity contribution is -0.299.